The summed E-state index contributed by atoms with van der Waals surface area (Å²) in [5.41, 5.74) is 6.74. The predicted molar refractivity (Wildman–Crippen MR) is 252 cm³/mol. The minimum atomic E-state index is -0.991. The van der Waals surface area contributed by atoms with Crippen LogP contribution in [0.3, 0.4) is 0 Å². The van der Waals surface area contributed by atoms with E-state index in [2.05, 4.69) is 31.9 Å². The summed E-state index contributed by atoms with van der Waals surface area (Å²) in [5.74, 6) is -3.78. The van der Waals surface area contributed by atoms with Gasteiger partial charge in [0.2, 0.25) is 29.5 Å². The molecule has 3 heterocycles. The van der Waals surface area contributed by atoms with Crippen molar-refractivity contribution in [2.24, 2.45) is 0 Å². The van der Waals surface area contributed by atoms with Gasteiger partial charge in [0, 0.05) is 75.2 Å². The van der Waals surface area contributed by atoms with Crippen molar-refractivity contribution in [2.75, 3.05) is 44.0 Å². The first-order valence-electron chi connectivity index (χ1n) is 22.8. The number of aryl methyl sites for hydroxylation is 1. The van der Waals surface area contributed by atoms with Gasteiger partial charge in [0.05, 0.1) is 13.2 Å². The van der Waals surface area contributed by atoms with Crippen LogP contribution in [0.1, 0.15) is 76.8 Å². The molecular formula is C49H57N9O12. The summed E-state index contributed by atoms with van der Waals surface area (Å²) in [7, 11) is 1.59. The maximum absolute atomic E-state index is 13.0. The number of fused-ring (bicyclic) bond motifs is 1. The van der Waals surface area contributed by atoms with E-state index >= 15 is 0 Å². The highest BCUT2D eigenvalue weighted by molar-refractivity contribution is 6.13. The monoisotopic (exact) mass is 963 g/mol. The van der Waals surface area contributed by atoms with E-state index in [9.17, 15) is 47.9 Å². The molecule has 370 valence electrons. The molecule has 3 aliphatic heterocycles. The Hall–Kier alpha value is -7.94. The Kier molecular flexibility index (Phi) is 17.2. The van der Waals surface area contributed by atoms with Crippen LogP contribution in [0.15, 0.2) is 66.7 Å². The van der Waals surface area contributed by atoms with E-state index in [0.29, 0.717) is 35.5 Å². The fourth-order valence-electron chi connectivity index (χ4n) is 7.77. The number of carbonyl (C=O) groups excluding carboxylic acids is 10. The number of urea groups is 1. The van der Waals surface area contributed by atoms with Crippen molar-refractivity contribution in [3.8, 4) is 0 Å². The SMILES string of the molecule is Cc1cc(NC(=O)NCc2ccc3c(c2)CN(C2CCC(=O)NC2=O)C3=O)cc(CCOCCN(C)C(=O)OCc2ccc(NC(=O)[C@H](C)NC(=O)[C@H](C)NC(=O)CCN3C(=O)C=CC3=O)cc2)c1C. The number of piperidine rings is 1. The van der Waals surface area contributed by atoms with Crippen LogP contribution in [0.5, 0.6) is 0 Å². The zero-order chi connectivity index (χ0) is 50.6. The number of imide groups is 2. The molecule has 0 aliphatic carbocycles. The number of amides is 11. The van der Waals surface area contributed by atoms with E-state index in [0.717, 1.165) is 44.9 Å². The maximum Gasteiger partial charge on any atom is 0.409 e. The van der Waals surface area contributed by atoms with Crippen LogP contribution in [0.4, 0.5) is 21.0 Å². The zero-order valence-corrected chi connectivity index (χ0v) is 39.6. The van der Waals surface area contributed by atoms with E-state index in [1.54, 1.807) is 43.4 Å². The number of ether oxygens (including phenoxy) is 2. The number of hydrogen-bond donors (Lipinski definition) is 6. The molecule has 0 radical (unpaired) electrons. The van der Waals surface area contributed by atoms with Crippen LogP contribution in [0.2, 0.25) is 0 Å². The number of benzene rings is 3. The second-order valence-electron chi connectivity index (χ2n) is 17.2. The normalized spacial score (nSPS) is 16.0. The zero-order valence-electron chi connectivity index (χ0n) is 39.6. The molecule has 70 heavy (non-hydrogen) atoms. The highest BCUT2D eigenvalue weighted by Crippen LogP contribution is 2.28. The second-order valence-corrected chi connectivity index (χ2v) is 17.2. The third-order valence-corrected chi connectivity index (χ3v) is 12.0. The number of hydrogen-bond acceptors (Lipinski definition) is 12. The fourth-order valence-corrected chi connectivity index (χ4v) is 7.77. The van der Waals surface area contributed by atoms with Crippen LogP contribution in [-0.2, 0) is 69.2 Å². The van der Waals surface area contributed by atoms with Gasteiger partial charge < -0.3 is 45.9 Å². The maximum atomic E-state index is 13.0. The Balaban J connectivity index is 0.848. The lowest BCUT2D eigenvalue weighted by molar-refractivity contribution is -0.138. The Morgan fingerprint density at radius 1 is 0.829 bits per heavy atom. The lowest BCUT2D eigenvalue weighted by atomic mass is 10.00. The second kappa shape index (κ2) is 23.4. The summed E-state index contributed by atoms with van der Waals surface area (Å²) < 4.78 is 11.3. The van der Waals surface area contributed by atoms with Crippen LogP contribution in [0.25, 0.3) is 0 Å². The van der Waals surface area contributed by atoms with E-state index in [-0.39, 0.29) is 70.5 Å². The van der Waals surface area contributed by atoms with Crippen molar-refractivity contribution in [2.45, 2.75) is 91.2 Å². The molecule has 1 fully saturated rings. The molecule has 6 N–H and O–H groups in total. The van der Waals surface area contributed by atoms with Gasteiger partial charge in [-0.3, -0.25) is 48.6 Å². The molecule has 21 heteroatoms. The summed E-state index contributed by atoms with van der Waals surface area (Å²) in [4.78, 5) is 127. The molecule has 0 aromatic heterocycles. The molecule has 1 unspecified atom stereocenters. The summed E-state index contributed by atoms with van der Waals surface area (Å²) >= 11 is 0. The minimum absolute atomic E-state index is 0.0277. The van der Waals surface area contributed by atoms with Crippen LogP contribution in [-0.4, -0.2) is 126 Å². The van der Waals surface area contributed by atoms with Gasteiger partial charge in [-0.05, 0) is 104 Å². The van der Waals surface area contributed by atoms with E-state index < -0.39 is 65.7 Å². The van der Waals surface area contributed by atoms with Gasteiger partial charge in [-0.15, -0.1) is 0 Å². The van der Waals surface area contributed by atoms with Crippen molar-refractivity contribution < 1.29 is 57.4 Å². The standard InChI is InChI=1S/C49H57N9O12/c1-28-22-37(54-48(67)50-25-33-8-11-38-35(23-33)26-58(47(38)66)39-12-13-40(59)55-46(39)65)24-34(29(28)2)17-20-69-21-19-56(5)49(68)70-27-32-6-9-36(10-7-32)53-45(64)31(4)52-44(63)30(3)51-41(60)16-18-57-42(61)14-15-43(57)62/h6-11,14-15,22-24,30-31,39H,12-13,16-21,25-27H2,1-5H3,(H,51,60)(H,52,63)(H,53,64)(H2,50,54,67)(H,55,59,65)/t30-,31-,39?/m0/s1. The third-order valence-electron chi connectivity index (χ3n) is 12.0. The van der Waals surface area contributed by atoms with Gasteiger partial charge in [-0.1, -0.05) is 24.3 Å². The molecule has 1 saturated heterocycles. The molecule has 21 nitrogen and oxygen atoms in total. The van der Waals surface area contributed by atoms with Gasteiger partial charge in [0.25, 0.3) is 17.7 Å². The smallest absolute Gasteiger partial charge is 0.409 e. The predicted octanol–water partition coefficient (Wildman–Crippen LogP) is 2.48. The van der Waals surface area contributed by atoms with Crippen molar-refractivity contribution >= 4 is 70.8 Å². The first-order chi connectivity index (χ1) is 33.4. The first-order valence-corrected chi connectivity index (χ1v) is 22.8. The Bertz CT molecular complexity index is 2580. The number of nitrogens with one attached hydrogen (secondary N) is 6. The summed E-state index contributed by atoms with van der Waals surface area (Å²) in [6.07, 6.45) is 2.49. The lowest BCUT2D eigenvalue weighted by Crippen LogP contribution is -2.52. The van der Waals surface area contributed by atoms with Gasteiger partial charge in [0.15, 0.2) is 0 Å². The molecule has 6 rings (SSSR count). The average Bonchev–Trinajstić information content (AvgIpc) is 3.83. The summed E-state index contributed by atoms with van der Waals surface area (Å²) in [6, 6.07) is 12.6. The molecular weight excluding hydrogens is 907 g/mol. The number of nitrogens with zero attached hydrogens (tertiary/aromatic N) is 3. The number of anilines is 2. The topological polar surface area (TPSA) is 271 Å². The molecule has 0 saturated carbocycles. The van der Waals surface area contributed by atoms with E-state index in [1.165, 1.54) is 23.6 Å². The van der Waals surface area contributed by atoms with Gasteiger partial charge in [-0.2, -0.15) is 0 Å². The average molecular weight is 964 g/mol. The van der Waals surface area contributed by atoms with E-state index in [4.69, 9.17) is 9.47 Å². The summed E-state index contributed by atoms with van der Waals surface area (Å²) in [5, 5.41) is 15.8. The van der Waals surface area contributed by atoms with Crippen molar-refractivity contribution in [3.05, 3.63) is 106 Å². The Morgan fingerprint density at radius 3 is 2.24 bits per heavy atom. The molecule has 3 aliphatic rings. The van der Waals surface area contributed by atoms with Crippen LogP contribution < -0.4 is 31.9 Å². The molecule has 0 bridgehead atoms. The first kappa shape index (κ1) is 51.5. The highest BCUT2D eigenvalue weighted by Gasteiger charge is 2.39. The van der Waals surface area contributed by atoms with Crippen molar-refractivity contribution in [1.82, 2.24) is 36.0 Å². The highest BCUT2D eigenvalue weighted by atomic mass is 16.6. The van der Waals surface area contributed by atoms with Crippen molar-refractivity contribution in [3.63, 3.8) is 0 Å². The van der Waals surface area contributed by atoms with Crippen LogP contribution in [0, 0.1) is 13.8 Å². The molecule has 3 aromatic carbocycles. The Morgan fingerprint density at radius 2 is 1.53 bits per heavy atom. The summed E-state index contributed by atoms with van der Waals surface area (Å²) in [6.45, 7) is 8.03. The lowest BCUT2D eigenvalue weighted by Gasteiger charge is -2.29. The molecule has 0 spiro atoms. The molecule has 3 atom stereocenters. The van der Waals surface area contributed by atoms with Gasteiger partial charge in [0.1, 0.15) is 24.7 Å². The number of rotatable bonds is 20. The van der Waals surface area contributed by atoms with Crippen molar-refractivity contribution in [1.29, 1.82) is 0 Å². The Labute approximate surface area is 404 Å². The number of likely N-dealkylation sites (N-methyl/N-ethyl adjacent to an activating group) is 1. The quantitative estimate of drug-likeness (QED) is 0.0705. The molecule has 3 aromatic rings. The largest absolute Gasteiger partial charge is 0.445 e. The minimum Gasteiger partial charge on any atom is -0.445 e. The van der Waals surface area contributed by atoms with Crippen LogP contribution >= 0.6 is 0 Å². The van der Waals surface area contributed by atoms with Gasteiger partial charge >= 0.3 is 12.1 Å². The van der Waals surface area contributed by atoms with E-state index in [1.807, 2.05) is 32.0 Å². The van der Waals surface area contributed by atoms with Gasteiger partial charge in [-0.25, -0.2) is 9.59 Å². The molecule has 11 amide bonds. The number of carbonyl (C=O) groups is 10. The fraction of sp³-hybridized carbons (Fsp3) is 0.388. The third kappa shape index (κ3) is 13.6.